The normalized spacial score (nSPS) is 20.6. The molecule has 90 valence electrons. The smallest absolute Gasteiger partial charge is 0.330 e. The van der Waals surface area contributed by atoms with Crippen LogP contribution in [-0.4, -0.2) is 45.6 Å². The predicted molar refractivity (Wildman–Crippen MR) is 48.1 cm³/mol. The Bertz CT molecular complexity index is 460. The van der Waals surface area contributed by atoms with E-state index in [1.165, 1.54) is 0 Å². The van der Waals surface area contributed by atoms with Crippen LogP contribution in [0.15, 0.2) is 10.9 Å². The molecule has 1 aliphatic rings. The highest BCUT2D eigenvalue weighted by atomic mass is 19.1. The van der Waals surface area contributed by atoms with Gasteiger partial charge in [0, 0.05) is 13.0 Å². The Morgan fingerprint density at radius 1 is 1.47 bits per heavy atom. The Hall–Kier alpha value is -2.32. The second-order valence-corrected chi connectivity index (χ2v) is 3.23. The van der Waals surface area contributed by atoms with Crippen molar-refractivity contribution < 1.29 is 23.3 Å². The number of aromatic nitrogens is 2. The highest BCUT2D eigenvalue weighted by molar-refractivity contribution is 6.17. The molecule has 1 aromatic heterocycles. The summed E-state index contributed by atoms with van der Waals surface area (Å²) in [6.07, 6.45) is -1.09. The number of alkyl halides is 1. The van der Waals surface area contributed by atoms with Gasteiger partial charge in [-0.25, -0.2) is 9.18 Å². The molecule has 1 aromatic rings. The van der Waals surface area contributed by atoms with Gasteiger partial charge in [0.15, 0.2) is 6.33 Å². The molecular formula is C8H7FN4O4. The van der Waals surface area contributed by atoms with Crippen molar-refractivity contribution in [3.05, 3.63) is 12.2 Å². The standard InChI is InChI=1S/C8H7FN4O4/c9-5-6(14)12-8(16)13(7(5)15)2-1-4-10-3-11-17-4/h3,5H,1-2H2,(H,12,14,16). The molecule has 0 bridgehead atoms. The lowest BCUT2D eigenvalue weighted by molar-refractivity contribution is -0.143. The molecule has 8 nitrogen and oxygen atoms in total. The predicted octanol–water partition coefficient (Wildman–Crippen LogP) is -0.971. The molecule has 4 amide bonds. The Balaban J connectivity index is 2.02. The number of carbonyl (C=O) groups excluding carboxylic acids is 3. The second kappa shape index (κ2) is 4.28. The van der Waals surface area contributed by atoms with Crippen LogP contribution in [0.5, 0.6) is 0 Å². The van der Waals surface area contributed by atoms with E-state index in [4.69, 9.17) is 0 Å². The van der Waals surface area contributed by atoms with Crippen LogP contribution < -0.4 is 5.32 Å². The fourth-order valence-electron chi connectivity index (χ4n) is 1.31. The number of hydrogen-bond acceptors (Lipinski definition) is 6. The zero-order chi connectivity index (χ0) is 12.4. The lowest BCUT2D eigenvalue weighted by atomic mass is 10.2. The number of nitrogens with one attached hydrogen (secondary N) is 1. The first-order valence-electron chi connectivity index (χ1n) is 4.65. The highest BCUT2D eigenvalue weighted by Gasteiger charge is 2.40. The zero-order valence-electron chi connectivity index (χ0n) is 8.42. The topological polar surface area (TPSA) is 105 Å². The number of carbonyl (C=O) groups is 3. The van der Waals surface area contributed by atoms with Gasteiger partial charge in [-0.3, -0.25) is 19.8 Å². The maximum absolute atomic E-state index is 13.1. The molecule has 2 heterocycles. The average Bonchev–Trinajstić information content (AvgIpc) is 2.79. The van der Waals surface area contributed by atoms with Gasteiger partial charge >= 0.3 is 6.03 Å². The minimum absolute atomic E-state index is 0.0973. The minimum Gasteiger partial charge on any atom is -0.340 e. The van der Waals surface area contributed by atoms with Gasteiger partial charge in [-0.1, -0.05) is 5.16 Å². The Morgan fingerprint density at radius 2 is 2.24 bits per heavy atom. The summed E-state index contributed by atoms with van der Waals surface area (Å²) in [5.74, 6) is -2.22. The maximum Gasteiger partial charge on any atom is 0.330 e. The van der Waals surface area contributed by atoms with Crippen LogP contribution in [0.1, 0.15) is 5.89 Å². The molecule has 1 N–H and O–H groups in total. The van der Waals surface area contributed by atoms with E-state index in [1.807, 2.05) is 0 Å². The summed E-state index contributed by atoms with van der Waals surface area (Å²) < 4.78 is 17.7. The number of amides is 4. The molecule has 1 atom stereocenters. The van der Waals surface area contributed by atoms with Crippen LogP contribution in [0.3, 0.4) is 0 Å². The summed E-state index contributed by atoms with van der Waals surface area (Å²) in [6.45, 7) is -0.138. The first kappa shape index (κ1) is 11.2. The van der Waals surface area contributed by atoms with E-state index in [-0.39, 0.29) is 18.9 Å². The van der Waals surface area contributed by atoms with Crippen molar-refractivity contribution in [2.24, 2.45) is 0 Å². The molecule has 17 heavy (non-hydrogen) atoms. The molecule has 0 aromatic carbocycles. The van der Waals surface area contributed by atoms with E-state index in [2.05, 4.69) is 14.7 Å². The molecule has 1 fully saturated rings. The van der Waals surface area contributed by atoms with E-state index >= 15 is 0 Å². The Kier molecular flexibility index (Phi) is 2.81. The molecule has 0 radical (unpaired) electrons. The zero-order valence-corrected chi connectivity index (χ0v) is 8.42. The Morgan fingerprint density at radius 3 is 2.88 bits per heavy atom. The molecule has 0 aliphatic carbocycles. The van der Waals surface area contributed by atoms with Crippen molar-refractivity contribution in [1.82, 2.24) is 20.4 Å². The SMILES string of the molecule is O=C1NC(=O)N(CCc2ncno2)C(=O)C1F. The maximum atomic E-state index is 13.1. The quantitative estimate of drug-likeness (QED) is 0.683. The lowest BCUT2D eigenvalue weighted by Gasteiger charge is -2.25. The van der Waals surface area contributed by atoms with Gasteiger partial charge < -0.3 is 4.52 Å². The van der Waals surface area contributed by atoms with Crippen LogP contribution >= 0.6 is 0 Å². The van der Waals surface area contributed by atoms with Crippen molar-refractivity contribution in [2.45, 2.75) is 12.6 Å². The van der Waals surface area contributed by atoms with E-state index in [0.29, 0.717) is 4.90 Å². The van der Waals surface area contributed by atoms with E-state index in [1.54, 1.807) is 5.32 Å². The van der Waals surface area contributed by atoms with Crippen LogP contribution in [0.2, 0.25) is 0 Å². The van der Waals surface area contributed by atoms with Crippen molar-refractivity contribution in [1.29, 1.82) is 0 Å². The van der Waals surface area contributed by atoms with Crippen molar-refractivity contribution >= 4 is 17.8 Å². The number of urea groups is 1. The van der Waals surface area contributed by atoms with Crippen LogP contribution in [0, 0.1) is 0 Å². The molecule has 0 spiro atoms. The van der Waals surface area contributed by atoms with Crippen molar-refractivity contribution in [3.63, 3.8) is 0 Å². The lowest BCUT2D eigenvalue weighted by Crippen LogP contribution is -2.59. The monoisotopic (exact) mass is 242 g/mol. The number of halogens is 1. The van der Waals surface area contributed by atoms with Crippen LogP contribution in [0.4, 0.5) is 9.18 Å². The number of imide groups is 2. The van der Waals surface area contributed by atoms with E-state index < -0.39 is 24.0 Å². The minimum atomic E-state index is -2.35. The summed E-state index contributed by atoms with van der Waals surface area (Å²) in [6, 6.07) is -0.951. The number of rotatable bonds is 3. The summed E-state index contributed by atoms with van der Waals surface area (Å²) >= 11 is 0. The van der Waals surface area contributed by atoms with Gasteiger partial charge in [0.25, 0.3) is 18.0 Å². The van der Waals surface area contributed by atoms with E-state index in [0.717, 1.165) is 6.33 Å². The van der Waals surface area contributed by atoms with Gasteiger partial charge in [-0.05, 0) is 0 Å². The summed E-state index contributed by atoms with van der Waals surface area (Å²) in [5, 5.41) is 5.06. The molecule has 0 saturated carbocycles. The molecule has 2 rings (SSSR count). The van der Waals surface area contributed by atoms with Gasteiger partial charge in [0.05, 0.1) is 0 Å². The van der Waals surface area contributed by atoms with Gasteiger partial charge in [-0.2, -0.15) is 4.98 Å². The third-order valence-electron chi connectivity index (χ3n) is 2.14. The fraction of sp³-hybridized carbons (Fsp3) is 0.375. The third kappa shape index (κ3) is 2.12. The molecule has 1 saturated heterocycles. The second-order valence-electron chi connectivity index (χ2n) is 3.23. The first-order chi connectivity index (χ1) is 8.09. The van der Waals surface area contributed by atoms with Crippen LogP contribution in [0.25, 0.3) is 0 Å². The number of barbiturate groups is 1. The Labute approximate surface area is 93.8 Å². The summed E-state index contributed by atoms with van der Waals surface area (Å²) in [4.78, 5) is 37.6. The number of nitrogens with zero attached hydrogens (tertiary/aromatic N) is 3. The van der Waals surface area contributed by atoms with Crippen molar-refractivity contribution in [3.8, 4) is 0 Å². The first-order valence-corrected chi connectivity index (χ1v) is 4.65. The van der Waals surface area contributed by atoms with Gasteiger partial charge in [-0.15, -0.1) is 0 Å². The van der Waals surface area contributed by atoms with Gasteiger partial charge in [0.2, 0.25) is 5.89 Å². The molecular weight excluding hydrogens is 235 g/mol. The largest absolute Gasteiger partial charge is 0.340 e. The molecule has 9 heteroatoms. The number of hydrogen-bond donors (Lipinski definition) is 1. The fourth-order valence-corrected chi connectivity index (χ4v) is 1.31. The highest BCUT2D eigenvalue weighted by Crippen LogP contribution is 2.08. The van der Waals surface area contributed by atoms with E-state index in [9.17, 15) is 18.8 Å². The summed E-state index contributed by atoms with van der Waals surface area (Å²) in [7, 11) is 0. The van der Waals surface area contributed by atoms with Crippen LogP contribution in [-0.2, 0) is 16.0 Å². The van der Waals surface area contributed by atoms with Gasteiger partial charge in [0.1, 0.15) is 0 Å². The van der Waals surface area contributed by atoms with Crippen molar-refractivity contribution in [2.75, 3.05) is 6.54 Å². The summed E-state index contributed by atoms with van der Waals surface area (Å²) in [5.41, 5.74) is 0. The molecule has 1 aliphatic heterocycles. The third-order valence-corrected chi connectivity index (χ3v) is 2.14. The average molecular weight is 242 g/mol. The molecule has 1 unspecified atom stereocenters.